The second-order valence-corrected chi connectivity index (χ2v) is 6.32. The lowest BCUT2D eigenvalue weighted by Gasteiger charge is -2.02. The minimum Gasteiger partial charge on any atom is -0.481 e. The second kappa shape index (κ2) is 18.3. The number of methoxy groups -OCH3 is 3. The number of carbonyl (C=O) groups excluding carboxylic acids is 4. The van der Waals surface area contributed by atoms with Crippen molar-refractivity contribution >= 4 is 36.2 Å². The van der Waals surface area contributed by atoms with Crippen molar-refractivity contribution in [2.24, 2.45) is 0 Å². The fraction of sp³-hybridized carbons (Fsp3) is 0.240. The van der Waals surface area contributed by atoms with E-state index in [9.17, 15) is 24.0 Å². The highest BCUT2D eigenvalue weighted by atomic mass is 16.5. The molecule has 2 aromatic carbocycles. The minimum absolute atomic E-state index is 0.0865. The van der Waals surface area contributed by atoms with Crippen LogP contribution < -0.4 is 0 Å². The fourth-order valence-electron chi connectivity index (χ4n) is 2.17. The van der Waals surface area contributed by atoms with Crippen molar-refractivity contribution in [3.63, 3.8) is 0 Å². The van der Waals surface area contributed by atoms with Gasteiger partial charge in [0, 0.05) is 11.1 Å². The highest BCUT2D eigenvalue weighted by Crippen LogP contribution is 2.11. The van der Waals surface area contributed by atoms with Gasteiger partial charge >= 0.3 is 23.9 Å². The molecule has 9 heteroatoms. The zero-order chi connectivity index (χ0) is 25.8. The van der Waals surface area contributed by atoms with Gasteiger partial charge in [-0.3, -0.25) is 19.2 Å². The van der Waals surface area contributed by atoms with Gasteiger partial charge < -0.3 is 19.3 Å². The molecule has 182 valence electrons. The molecule has 2 aromatic rings. The van der Waals surface area contributed by atoms with Gasteiger partial charge in [0.15, 0.2) is 0 Å². The number of hydrogen-bond acceptors (Lipinski definition) is 8. The summed E-state index contributed by atoms with van der Waals surface area (Å²) in [5.74, 6) is -2.48. The number of hydrogen-bond donors (Lipinski definition) is 1. The Kier molecular flexibility index (Phi) is 16.0. The Morgan fingerprint density at radius 3 is 1.50 bits per heavy atom. The van der Waals surface area contributed by atoms with Crippen LogP contribution in [-0.2, 0) is 33.4 Å². The van der Waals surface area contributed by atoms with Gasteiger partial charge in [-0.2, -0.15) is 0 Å². The Hall–Kier alpha value is -4.27. The van der Waals surface area contributed by atoms with Crippen molar-refractivity contribution < 1.29 is 43.3 Å². The van der Waals surface area contributed by atoms with Gasteiger partial charge in [-0.15, -0.1) is 0 Å². The first-order valence-corrected chi connectivity index (χ1v) is 9.96. The molecule has 0 aromatic heterocycles. The van der Waals surface area contributed by atoms with Crippen molar-refractivity contribution in [3.8, 4) is 0 Å². The number of rotatable bonds is 8. The van der Waals surface area contributed by atoms with Crippen LogP contribution in [0, 0.1) is 0 Å². The maximum atomic E-state index is 11.3. The lowest BCUT2D eigenvalue weighted by molar-refractivity contribution is -0.147. The fourth-order valence-corrected chi connectivity index (χ4v) is 2.17. The van der Waals surface area contributed by atoms with Gasteiger partial charge in [0.1, 0.15) is 6.29 Å². The van der Waals surface area contributed by atoms with Crippen molar-refractivity contribution in [2.75, 3.05) is 21.3 Å². The van der Waals surface area contributed by atoms with E-state index in [2.05, 4.69) is 14.2 Å². The van der Waals surface area contributed by atoms with Gasteiger partial charge in [-0.1, -0.05) is 60.7 Å². The van der Waals surface area contributed by atoms with Gasteiger partial charge in [0.25, 0.3) is 0 Å². The van der Waals surface area contributed by atoms with Crippen molar-refractivity contribution in [1.29, 1.82) is 0 Å². The summed E-state index contributed by atoms with van der Waals surface area (Å²) in [7, 11) is 3.78. The normalized spacial score (nSPS) is 9.68. The predicted molar refractivity (Wildman–Crippen MR) is 124 cm³/mol. The summed E-state index contributed by atoms with van der Waals surface area (Å²) in [4.78, 5) is 52.7. The Morgan fingerprint density at radius 1 is 0.735 bits per heavy atom. The van der Waals surface area contributed by atoms with Crippen LogP contribution in [0.4, 0.5) is 0 Å². The summed E-state index contributed by atoms with van der Waals surface area (Å²) >= 11 is 0. The number of benzene rings is 2. The zero-order valence-corrected chi connectivity index (χ0v) is 19.3. The van der Waals surface area contributed by atoms with Gasteiger partial charge in [-0.05, 0) is 11.6 Å². The summed E-state index contributed by atoms with van der Waals surface area (Å²) in [6, 6.07) is 18.1. The molecule has 0 atom stereocenters. The highest BCUT2D eigenvalue weighted by Gasteiger charge is 2.13. The predicted octanol–water partition coefficient (Wildman–Crippen LogP) is 3.33. The average Bonchev–Trinajstić information content (AvgIpc) is 2.87. The maximum absolute atomic E-state index is 11.3. The van der Waals surface area contributed by atoms with Crippen LogP contribution in [0.25, 0.3) is 6.08 Å². The molecular weight excluding hydrogens is 444 g/mol. The molecule has 0 unspecified atom stereocenters. The Morgan fingerprint density at radius 2 is 1.18 bits per heavy atom. The number of aliphatic carboxylic acids is 1. The van der Waals surface area contributed by atoms with E-state index in [1.807, 2.05) is 36.4 Å². The summed E-state index contributed by atoms with van der Waals surface area (Å²) in [5, 5.41) is 8.66. The number of aldehydes is 1. The topological polar surface area (TPSA) is 133 Å². The molecule has 0 aliphatic heterocycles. The molecule has 2 rings (SSSR count). The first-order chi connectivity index (χ1) is 16.3. The monoisotopic (exact) mass is 472 g/mol. The molecule has 0 fully saturated rings. The van der Waals surface area contributed by atoms with Crippen LogP contribution in [0.5, 0.6) is 0 Å². The first kappa shape index (κ1) is 29.7. The third kappa shape index (κ3) is 14.7. The standard InChI is InChI=1S/C12H12O4.C7H6O.C6H10O4/c1-16-12(15)10(8-11(13)14)7-9-5-3-2-4-6-9;8-6-7-4-2-1-3-5-7;1-9-5(7)3-4-6(8)10-2/h2-7H,8H2,1H3,(H,13,14);1-6H;3-4H2,1-2H3. The Bertz CT molecular complexity index is 919. The second-order valence-electron chi connectivity index (χ2n) is 6.32. The van der Waals surface area contributed by atoms with E-state index in [0.29, 0.717) is 0 Å². The molecule has 0 bridgehead atoms. The molecule has 34 heavy (non-hydrogen) atoms. The molecule has 0 aliphatic rings. The SMILES string of the molecule is COC(=O)C(=Cc1ccccc1)CC(=O)O.COC(=O)CCC(=O)OC.O=Cc1ccccc1. The first-order valence-electron chi connectivity index (χ1n) is 9.96. The lowest BCUT2D eigenvalue weighted by atomic mass is 10.1. The van der Waals surface area contributed by atoms with Crippen LogP contribution in [0.3, 0.4) is 0 Å². The molecule has 0 saturated carbocycles. The number of carbonyl (C=O) groups is 5. The number of esters is 3. The van der Waals surface area contributed by atoms with Crippen LogP contribution in [0.2, 0.25) is 0 Å². The Labute approximate surface area is 197 Å². The van der Waals surface area contributed by atoms with Crippen LogP contribution in [0.15, 0.2) is 66.2 Å². The van der Waals surface area contributed by atoms with Crippen molar-refractivity contribution in [3.05, 3.63) is 77.4 Å². The number of carboxylic acid groups (broad SMARTS) is 1. The van der Waals surface area contributed by atoms with E-state index in [1.165, 1.54) is 27.4 Å². The van der Waals surface area contributed by atoms with E-state index < -0.39 is 23.9 Å². The Balaban J connectivity index is 0.000000519. The maximum Gasteiger partial charge on any atom is 0.334 e. The van der Waals surface area contributed by atoms with Crippen LogP contribution in [-0.4, -0.2) is 56.6 Å². The van der Waals surface area contributed by atoms with Crippen molar-refractivity contribution in [1.82, 2.24) is 0 Å². The van der Waals surface area contributed by atoms with Gasteiger partial charge in [0.2, 0.25) is 0 Å². The van der Waals surface area contributed by atoms with E-state index in [0.717, 1.165) is 17.4 Å². The summed E-state index contributed by atoms with van der Waals surface area (Å²) in [6.45, 7) is 0. The average molecular weight is 472 g/mol. The highest BCUT2D eigenvalue weighted by molar-refractivity contribution is 5.97. The van der Waals surface area contributed by atoms with E-state index in [4.69, 9.17) is 5.11 Å². The molecule has 0 radical (unpaired) electrons. The molecule has 0 amide bonds. The lowest BCUT2D eigenvalue weighted by Crippen LogP contribution is -2.09. The van der Waals surface area contributed by atoms with Crippen LogP contribution in [0.1, 0.15) is 35.2 Å². The van der Waals surface area contributed by atoms with E-state index in [-0.39, 0.29) is 24.8 Å². The summed E-state index contributed by atoms with van der Waals surface area (Å²) in [6.07, 6.45) is 2.17. The molecule has 0 heterocycles. The third-order valence-corrected chi connectivity index (χ3v) is 3.85. The zero-order valence-electron chi connectivity index (χ0n) is 19.3. The molecule has 0 saturated heterocycles. The van der Waals surface area contributed by atoms with E-state index in [1.54, 1.807) is 24.3 Å². The largest absolute Gasteiger partial charge is 0.481 e. The minimum atomic E-state index is -1.06. The molecule has 9 nitrogen and oxygen atoms in total. The summed E-state index contributed by atoms with van der Waals surface area (Å²) in [5.41, 5.74) is 1.62. The number of ether oxygens (including phenoxy) is 3. The molecule has 0 spiro atoms. The molecule has 1 N–H and O–H groups in total. The third-order valence-electron chi connectivity index (χ3n) is 3.85. The van der Waals surface area contributed by atoms with Gasteiger partial charge in [0.05, 0.1) is 40.6 Å². The molecular formula is C25H28O9. The number of carboxylic acids is 1. The quantitative estimate of drug-likeness (QED) is 0.266. The molecule has 0 aliphatic carbocycles. The van der Waals surface area contributed by atoms with E-state index >= 15 is 0 Å². The smallest absolute Gasteiger partial charge is 0.334 e. The van der Waals surface area contributed by atoms with Crippen molar-refractivity contribution in [2.45, 2.75) is 19.3 Å². The summed E-state index contributed by atoms with van der Waals surface area (Å²) < 4.78 is 13.1. The van der Waals surface area contributed by atoms with Gasteiger partial charge in [-0.25, -0.2) is 4.79 Å². The van der Waals surface area contributed by atoms with Crippen LogP contribution >= 0.6 is 0 Å².